The van der Waals surface area contributed by atoms with Crippen LogP contribution in [-0.2, 0) is 21.5 Å². The fourth-order valence-corrected chi connectivity index (χ4v) is 4.27. The van der Waals surface area contributed by atoms with Crippen molar-refractivity contribution in [1.82, 2.24) is 9.80 Å². The largest absolute Gasteiger partial charge is 0.493 e. The van der Waals surface area contributed by atoms with Crippen LogP contribution in [0.15, 0.2) is 12.1 Å². The molecule has 136 valence electrons. The van der Waals surface area contributed by atoms with Crippen molar-refractivity contribution >= 4 is 11.8 Å². The standard InChI is InChI=1S/C19H26N2O4/c1-11(2)16-17(22)21-8-7-12-9-14(24-5)15(25-6)10-13(12)19(21,3)18(23)20(16)4/h9-11,16H,7-8H2,1-6H3/t16-,19?/m0/s1. The van der Waals surface area contributed by atoms with E-state index in [4.69, 9.17) is 9.47 Å². The van der Waals surface area contributed by atoms with E-state index in [1.54, 1.807) is 31.1 Å². The number of rotatable bonds is 3. The second-order valence-electron chi connectivity index (χ2n) is 7.28. The Morgan fingerprint density at radius 3 is 2.32 bits per heavy atom. The molecule has 1 aromatic carbocycles. The van der Waals surface area contributed by atoms with Gasteiger partial charge in [0.2, 0.25) is 5.91 Å². The highest BCUT2D eigenvalue weighted by Gasteiger charge is 2.56. The van der Waals surface area contributed by atoms with Crippen molar-refractivity contribution in [2.75, 3.05) is 27.8 Å². The average molecular weight is 346 g/mol. The van der Waals surface area contributed by atoms with Crippen LogP contribution in [0.2, 0.25) is 0 Å². The predicted molar refractivity (Wildman–Crippen MR) is 93.7 cm³/mol. The monoisotopic (exact) mass is 346 g/mol. The quantitative estimate of drug-likeness (QED) is 0.837. The molecule has 6 nitrogen and oxygen atoms in total. The zero-order valence-corrected chi connectivity index (χ0v) is 15.8. The minimum absolute atomic E-state index is 0.0139. The number of piperazine rings is 1. The van der Waals surface area contributed by atoms with Crippen LogP contribution in [0, 0.1) is 5.92 Å². The summed E-state index contributed by atoms with van der Waals surface area (Å²) in [4.78, 5) is 29.8. The van der Waals surface area contributed by atoms with Gasteiger partial charge < -0.3 is 19.3 Å². The normalized spacial score (nSPS) is 25.8. The minimum Gasteiger partial charge on any atom is -0.493 e. The first-order valence-electron chi connectivity index (χ1n) is 8.61. The zero-order chi connectivity index (χ0) is 18.5. The highest BCUT2D eigenvalue weighted by atomic mass is 16.5. The molecule has 0 bridgehead atoms. The van der Waals surface area contributed by atoms with Crippen LogP contribution in [-0.4, -0.2) is 55.5 Å². The van der Waals surface area contributed by atoms with E-state index in [2.05, 4.69) is 0 Å². The maximum absolute atomic E-state index is 13.3. The van der Waals surface area contributed by atoms with Gasteiger partial charge in [-0.05, 0) is 42.5 Å². The van der Waals surface area contributed by atoms with Gasteiger partial charge in [-0.2, -0.15) is 0 Å². The van der Waals surface area contributed by atoms with E-state index in [0.717, 1.165) is 11.1 Å². The molecule has 3 rings (SSSR count). The minimum atomic E-state index is -1.01. The Balaban J connectivity index is 2.18. The molecule has 0 aliphatic carbocycles. The van der Waals surface area contributed by atoms with E-state index in [0.29, 0.717) is 24.5 Å². The molecule has 2 heterocycles. The summed E-state index contributed by atoms with van der Waals surface area (Å²) in [5, 5.41) is 0. The number of hydrogen-bond donors (Lipinski definition) is 0. The number of ether oxygens (including phenoxy) is 2. The Kier molecular flexibility index (Phi) is 4.17. The number of amides is 2. The zero-order valence-electron chi connectivity index (χ0n) is 15.8. The molecule has 1 aromatic rings. The first-order valence-corrected chi connectivity index (χ1v) is 8.61. The van der Waals surface area contributed by atoms with Crippen LogP contribution in [0.3, 0.4) is 0 Å². The van der Waals surface area contributed by atoms with Crippen molar-refractivity contribution in [3.05, 3.63) is 23.3 Å². The molecular weight excluding hydrogens is 320 g/mol. The number of hydrogen-bond acceptors (Lipinski definition) is 4. The van der Waals surface area contributed by atoms with Crippen LogP contribution >= 0.6 is 0 Å². The number of nitrogens with zero attached hydrogens (tertiary/aromatic N) is 2. The highest BCUT2D eigenvalue weighted by molar-refractivity contribution is 6.01. The molecular formula is C19H26N2O4. The van der Waals surface area contributed by atoms with Gasteiger partial charge in [0.05, 0.1) is 14.2 Å². The smallest absolute Gasteiger partial charge is 0.253 e. The van der Waals surface area contributed by atoms with Gasteiger partial charge in [-0.3, -0.25) is 9.59 Å². The van der Waals surface area contributed by atoms with Crippen molar-refractivity contribution in [1.29, 1.82) is 0 Å². The SMILES string of the molecule is COc1cc2c(cc1OC)C1(C)C(=O)N(C)[C@@H](C(C)C)C(=O)N1CC2. The van der Waals surface area contributed by atoms with E-state index >= 15 is 0 Å². The van der Waals surface area contributed by atoms with E-state index in [-0.39, 0.29) is 17.7 Å². The van der Waals surface area contributed by atoms with Gasteiger partial charge in [0.1, 0.15) is 11.6 Å². The second kappa shape index (κ2) is 5.93. The first-order chi connectivity index (χ1) is 11.8. The van der Waals surface area contributed by atoms with Gasteiger partial charge in [0.15, 0.2) is 11.5 Å². The maximum atomic E-state index is 13.3. The van der Waals surface area contributed by atoms with Crippen molar-refractivity contribution in [2.24, 2.45) is 5.92 Å². The molecule has 0 spiro atoms. The van der Waals surface area contributed by atoms with Gasteiger partial charge in [0.25, 0.3) is 5.91 Å². The number of fused-ring (bicyclic) bond motifs is 3. The van der Waals surface area contributed by atoms with E-state index in [1.807, 2.05) is 32.9 Å². The number of carbonyl (C=O) groups excluding carboxylic acids is 2. The Bertz CT molecular complexity index is 730. The topological polar surface area (TPSA) is 59.1 Å². The molecule has 1 saturated heterocycles. The molecule has 2 amide bonds. The lowest BCUT2D eigenvalue weighted by Gasteiger charge is -2.53. The molecule has 0 N–H and O–H groups in total. The molecule has 0 saturated carbocycles. The van der Waals surface area contributed by atoms with E-state index in [9.17, 15) is 9.59 Å². The number of likely N-dealkylation sites (N-methyl/N-ethyl adjacent to an activating group) is 1. The Morgan fingerprint density at radius 1 is 1.16 bits per heavy atom. The summed E-state index contributed by atoms with van der Waals surface area (Å²) in [7, 11) is 4.89. The number of carbonyl (C=O) groups is 2. The lowest BCUT2D eigenvalue weighted by molar-refractivity contribution is -0.172. The number of benzene rings is 1. The third-order valence-corrected chi connectivity index (χ3v) is 5.58. The Hall–Kier alpha value is -2.24. The summed E-state index contributed by atoms with van der Waals surface area (Å²) in [6.45, 7) is 6.31. The van der Waals surface area contributed by atoms with Crippen LogP contribution < -0.4 is 9.47 Å². The van der Waals surface area contributed by atoms with Gasteiger partial charge in [0, 0.05) is 13.6 Å². The summed E-state index contributed by atoms with van der Waals surface area (Å²) in [6.07, 6.45) is 0.693. The Labute approximate surface area is 148 Å². The van der Waals surface area contributed by atoms with Crippen LogP contribution in [0.1, 0.15) is 31.9 Å². The predicted octanol–water partition coefficient (Wildman–Crippen LogP) is 1.80. The van der Waals surface area contributed by atoms with Crippen molar-refractivity contribution in [3.63, 3.8) is 0 Å². The molecule has 2 aliphatic rings. The fourth-order valence-electron chi connectivity index (χ4n) is 4.27. The molecule has 1 unspecified atom stereocenters. The molecule has 0 aromatic heterocycles. The summed E-state index contributed by atoms with van der Waals surface area (Å²) >= 11 is 0. The van der Waals surface area contributed by atoms with Gasteiger partial charge in [-0.25, -0.2) is 0 Å². The van der Waals surface area contributed by atoms with Gasteiger partial charge in [-0.15, -0.1) is 0 Å². The van der Waals surface area contributed by atoms with Crippen LogP contribution in [0.25, 0.3) is 0 Å². The van der Waals surface area contributed by atoms with Crippen LogP contribution in [0.4, 0.5) is 0 Å². The molecule has 25 heavy (non-hydrogen) atoms. The number of methoxy groups -OCH3 is 2. The van der Waals surface area contributed by atoms with Gasteiger partial charge in [-0.1, -0.05) is 13.8 Å². The highest BCUT2D eigenvalue weighted by Crippen LogP contribution is 2.45. The van der Waals surface area contributed by atoms with Crippen molar-refractivity contribution < 1.29 is 19.1 Å². The maximum Gasteiger partial charge on any atom is 0.253 e. The van der Waals surface area contributed by atoms with E-state index < -0.39 is 11.6 Å². The Morgan fingerprint density at radius 2 is 1.76 bits per heavy atom. The second-order valence-corrected chi connectivity index (χ2v) is 7.28. The molecule has 2 aliphatic heterocycles. The molecule has 0 radical (unpaired) electrons. The molecule has 2 atom stereocenters. The summed E-state index contributed by atoms with van der Waals surface area (Å²) in [5.74, 6) is 1.23. The van der Waals surface area contributed by atoms with Gasteiger partial charge >= 0.3 is 0 Å². The molecule has 6 heteroatoms. The third-order valence-electron chi connectivity index (χ3n) is 5.58. The summed E-state index contributed by atoms with van der Waals surface area (Å²) in [5.41, 5.74) is 0.836. The average Bonchev–Trinajstić information content (AvgIpc) is 2.58. The lowest BCUT2D eigenvalue weighted by atomic mass is 9.77. The van der Waals surface area contributed by atoms with E-state index in [1.165, 1.54) is 0 Å². The third kappa shape index (κ3) is 2.30. The summed E-state index contributed by atoms with van der Waals surface area (Å²) in [6, 6.07) is 3.35. The lowest BCUT2D eigenvalue weighted by Crippen LogP contribution is -2.70. The first kappa shape index (κ1) is 17.6. The summed E-state index contributed by atoms with van der Waals surface area (Å²) < 4.78 is 10.8. The van der Waals surface area contributed by atoms with Crippen LogP contribution in [0.5, 0.6) is 11.5 Å². The van der Waals surface area contributed by atoms with Crippen molar-refractivity contribution in [3.8, 4) is 11.5 Å². The van der Waals surface area contributed by atoms with Crippen molar-refractivity contribution in [2.45, 2.75) is 38.8 Å². The molecule has 1 fully saturated rings. The fraction of sp³-hybridized carbons (Fsp3) is 0.579.